The zero-order valence-corrected chi connectivity index (χ0v) is 14.1. The molecule has 9 heteroatoms. The molecule has 5 nitrogen and oxygen atoms in total. The summed E-state index contributed by atoms with van der Waals surface area (Å²) < 4.78 is 40.6. The smallest absolute Gasteiger partial charge is 0.325 e. The van der Waals surface area contributed by atoms with E-state index in [-0.39, 0.29) is 11.4 Å². The van der Waals surface area contributed by atoms with E-state index in [2.05, 4.69) is 15.5 Å². The fraction of sp³-hybridized carbons (Fsp3) is 0.118. The highest BCUT2D eigenvalue weighted by Crippen LogP contribution is 2.34. The second-order valence-electron chi connectivity index (χ2n) is 5.20. The lowest BCUT2D eigenvalue weighted by atomic mass is 10.1. The van der Waals surface area contributed by atoms with Crippen molar-refractivity contribution < 1.29 is 18.0 Å². The number of halogens is 3. The van der Waals surface area contributed by atoms with Gasteiger partial charge in [-0.25, -0.2) is 0 Å². The summed E-state index contributed by atoms with van der Waals surface area (Å²) in [5.74, 6) is -0.660. The lowest BCUT2D eigenvalue weighted by molar-refractivity contribution is -0.137. The monoisotopic (exact) mass is 378 g/mol. The second kappa shape index (κ2) is 7.61. The van der Waals surface area contributed by atoms with Crippen LogP contribution in [0.3, 0.4) is 0 Å². The molecule has 1 aromatic heterocycles. The average Bonchev–Trinajstić information content (AvgIpc) is 3.09. The van der Waals surface area contributed by atoms with Gasteiger partial charge in [0.05, 0.1) is 17.0 Å². The number of aromatic nitrogens is 3. The summed E-state index contributed by atoms with van der Waals surface area (Å²) in [6, 6.07) is 14.1. The first-order chi connectivity index (χ1) is 12.4. The summed E-state index contributed by atoms with van der Waals surface area (Å²) in [7, 11) is 0. The Morgan fingerprint density at radius 2 is 1.77 bits per heavy atom. The maximum absolute atomic E-state index is 13.0. The van der Waals surface area contributed by atoms with Gasteiger partial charge < -0.3 is 5.32 Å². The molecule has 0 aliphatic heterocycles. The van der Waals surface area contributed by atoms with Gasteiger partial charge in [-0.1, -0.05) is 42.1 Å². The molecule has 1 N–H and O–H groups in total. The number of rotatable bonds is 5. The molecule has 134 valence electrons. The SMILES string of the molecule is O=C(CSc1nncn1-c1ccccc1)Nc1ccccc1C(F)(F)F. The van der Waals surface area contributed by atoms with Crippen molar-refractivity contribution in [3.05, 3.63) is 66.5 Å². The number of para-hydroxylation sites is 2. The third-order valence-electron chi connectivity index (χ3n) is 3.39. The van der Waals surface area contributed by atoms with Crippen molar-refractivity contribution in [3.63, 3.8) is 0 Å². The van der Waals surface area contributed by atoms with Gasteiger partial charge in [0.2, 0.25) is 5.91 Å². The Morgan fingerprint density at radius 3 is 2.50 bits per heavy atom. The van der Waals surface area contributed by atoms with Gasteiger partial charge in [-0.15, -0.1) is 10.2 Å². The number of hydrogen-bond acceptors (Lipinski definition) is 4. The summed E-state index contributed by atoms with van der Waals surface area (Å²) in [6.45, 7) is 0. The molecule has 0 bridgehead atoms. The zero-order valence-electron chi connectivity index (χ0n) is 13.3. The van der Waals surface area contributed by atoms with Crippen LogP contribution in [0.1, 0.15) is 5.56 Å². The summed E-state index contributed by atoms with van der Waals surface area (Å²) >= 11 is 1.09. The third kappa shape index (κ3) is 4.23. The van der Waals surface area contributed by atoms with Crippen LogP contribution in [0.2, 0.25) is 0 Å². The van der Waals surface area contributed by atoms with Crippen LogP contribution in [0.5, 0.6) is 0 Å². The normalized spacial score (nSPS) is 11.3. The molecule has 0 radical (unpaired) electrons. The predicted octanol–water partition coefficient (Wildman–Crippen LogP) is 4.02. The van der Waals surface area contributed by atoms with Crippen LogP contribution in [-0.4, -0.2) is 26.4 Å². The molecule has 2 aromatic carbocycles. The molecule has 0 atom stereocenters. The lowest BCUT2D eigenvalue weighted by Crippen LogP contribution is -2.18. The van der Waals surface area contributed by atoms with Crippen LogP contribution in [0, 0.1) is 0 Å². The van der Waals surface area contributed by atoms with Crippen LogP contribution in [0.15, 0.2) is 66.1 Å². The molecule has 26 heavy (non-hydrogen) atoms. The zero-order chi connectivity index (χ0) is 18.6. The molecule has 1 heterocycles. The highest BCUT2D eigenvalue weighted by atomic mass is 32.2. The van der Waals surface area contributed by atoms with E-state index in [9.17, 15) is 18.0 Å². The van der Waals surface area contributed by atoms with Gasteiger partial charge in [0.1, 0.15) is 6.33 Å². The molecule has 0 saturated carbocycles. The van der Waals surface area contributed by atoms with E-state index in [4.69, 9.17) is 0 Å². The van der Waals surface area contributed by atoms with Gasteiger partial charge in [0.15, 0.2) is 5.16 Å². The van der Waals surface area contributed by atoms with E-state index in [1.807, 2.05) is 30.3 Å². The van der Waals surface area contributed by atoms with Gasteiger partial charge in [-0.05, 0) is 24.3 Å². The molecule has 0 fully saturated rings. The van der Waals surface area contributed by atoms with Gasteiger partial charge in [0, 0.05) is 5.69 Å². The summed E-state index contributed by atoms with van der Waals surface area (Å²) in [5, 5.41) is 10.5. The van der Waals surface area contributed by atoms with Crippen molar-refractivity contribution in [1.82, 2.24) is 14.8 Å². The quantitative estimate of drug-likeness (QED) is 0.682. The van der Waals surface area contributed by atoms with Gasteiger partial charge in [-0.3, -0.25) is 9.36 Å². The molecule has 0 saturated heterocycles. The summed E-state index contributed by atoms with van der Waals surface area (Å²) in [5.41, 5.74) is -0.330. The molecule has 3 rings (SSSR count). The first-order valence-electron chi connectivity index (χ1n) is 7.49. The molecule has 0 unspecified atom stereocenters. The van der Waals surface area contributed by atoms with Crippen LogP contribution in [0.25, 0.3) is 5.69 Å². The number of carbonyl (C=O) groups excluding carboxylic acids is 1. The van der Waals surface area contributed by atoms with Crippen LogP contribution in [-0.2, 0) is 11.0 Å². The number of carbonyl (C=O) groups is 1. The largest absolute Gasteiger partial charge is 0.418 e. The van der Waals surface area contributed by atoms with Crippen molar-refractivity contribution >= 4 is 23.4 Å². The minimum Gasteiger partial charge on any atom is -0.325 e. The molecule has 0 aliphatic rings. The van der Waals surface area contributed by atoms with Crippen molar-refractivity contribution in [2.45, 2.75) is 11.3 Å². The Bertz CT molecular complexity index is 896. The maximum atomic E-state index is 13.0. The molecular weight excluding hydrogens is 365 g/mol. The van der Waals surface area contributed by atoms with Crippen molar-refractivity contribution in [3.8, 4) is 5.69 Å². The Labute approximate surface area is 151 Å². The fourth-order valence-electron chi connectivity index (χ4n) is 2.24. The Hall–Kier alpha value is -2.81. The van der Waals surface area contributed by atoms with E-state index >= 15 is 0 Å². The van der Waals surface area contributed by atoms with E-state index in [0.29, 0.717) is 5.16 Å². The Balaban J connectivity index is 1.68. The molecule has 0 aliphatic carbocycles. The predicted molar refractivity (Wildman–Crippen MR) is 92.2 cm³/mol. The van der Waals surface area contributed by atoms with Gasteiger partial charge in [-0.2, -0.15) is 13.2 Å². The topological polar surface area (TPSA) is 59.8 Å². The number of anilines is 1. The highest BCUT2D eigenvalue weighted by Gasteiger charge is 2.33. The lowest BCUT2D eigenvalue weighted by Gasteiger charge is -2.13. The number of nitrogens with zero attached hydrogens (tertiary/aromatic N) is 3. The number of alkyl halides is 3. The van der Waals surface area contributed by atoms with E-state index in [1.54, 1.807) is 4.57 Å². The Kier molecular flexibility index (Phi) is 5.27. The standard InChI is InChI=1S/C17H13F3N4OS/c18-17(19,20)13-8-4-5-9-14(13)22-15(25)10-26-16-23-21-11-24(16)12-6-2-1-3-7-12/h1-9,11H,10H2,(H,22,25). The first-order valence-corrected chi connectivity index (χ1v) is 8.48. The maximum Gasteiger partial charge on any atom is 0.418 e. The van der Waals surface area contributed by atoms with E-state index in [1.165, 1.54) is 24.5 Å². The number of nitrogens with one attached hydrogen (secondary N) is 1. The number of hydrogen-bond donors (Lipinski definition) is 1. The van der Waals surface area contributed by atoms with Crippen LogP contribution in [0.4, 0.5) is 18.9 Å². The van der Waals surface area contributed by atoms with E-state index < -0.39 is 17.6 Å². The Morgan fingerprint density at radius 1 is 1.08 bits per heavy atom. The summed E-state index contributed by atoms with van der Waals surface area (Å²) in [6.07, 6.45) is -3.03. The number of thioether (sulfide) groups is 1. The fourth-order valence-corrected chi connectivity index (χ4v) is 2.97. The molecule has 1 amide bonds. The minimum absolute atomic E-state index is 0.0995. The summed E-state index contributed by atoms with van der Waals surface area (Å²) in [4.78, 5) is 12.1. The highest BCUT2D eigenvalue weighted by molar-refractivity contribution is 7.99. The number of benzene rings is 2. The number of amides is 1. The molecular formula is C17H13F3N4OS. The first kappa shape index (κ1) is 18.0. The van der Waals surface area contributed by atoms with Crippen molar-refractivity contribution in [2.24, 2.45) is 0 Å². The van der Waals surface area contributed by atoms with Gasteiger partial charge in [0.25, 0.3) is 0 Å². The molecule has 0 spiro atoms. The van der Waals surface area contributed by atoms with Gasteiger partial charge >= 0.3 is 6.18 Å². The van der Waals surface area contributed by atoms with Crippen molar-refractivity contribution in [1.29, 1.82) is 0 Å². The average molecular weight is 378 g/mol. The second-order valence-corrected chi connectivity index (χ2v) is 6.14. The van der Waals surface area contributed by atoms with Crippen LogP contribution < -0.4 is 5.32 Å². The minimum atomic E-state index is -4.54. The third-order valence-corrected chi connectivity index (χ3v) is 4.33. The van der Waals surface area contributed by atoms with E-state index in [0.717, 1.165) is 23.5 Å². The molecule has 3 aromatic rings. The van der Waals surface area contributed by atoms with Crippen molar-refractivity contribution in [2.75, 3.05) is 11.1 Å². The van der Waals surface area contributed by atoms with Crippen LogP contribution >= 0.6 is 11.8 Å².